The van der Waals surface area contributed by atoms with Crippen molar-refractivity contribution in [3.63, 3.8) is 0 Å². The summed E-state index contributed by atoms with van der Waals surface area (Å²) in [7, 11) is 0. The van der Waals surface area contributed by atoms with E-state index in [-0.39, 0.29) is 18.1 Å². The van der Waals surface area contributed by atoms with Crippen LogP contribution in [0, 0.1) is 0 Å². The molecule has 4 nitrogen and oxygen atoms in total. The average molecular weight is 280 g/mol. The summed E-state index contributed by atoms with van der Waals surface area (Å²) >= 11 is 1.74. The largest absolute Gasteiger partial charge is 0.374 e. The zero-order chi connectivity index (χ0) is 13.7. The van der Waals surface area contributed by atoms with Crippen LogP contribution in [0.5, 0.6) is 0 Å². The molecule has 0 spiro atoms. The highest BCUT2D eigenvalue weighted by Gasteiger charge is 2.22. The Hall–Kier alpha value is -1.04. The molecule has 0 aromatic heterocycles. The number of amides is 1. The minimum Gasteiger partial charge on any atom is -0.374 e. The molecule has 1 aromatic carbocycles. The fraction of sp³-hybridized carbons (Fsp3) is 0.500. The molecule has 1 saturated heterocycles. The van der Waals surface area contributed by atoms with Gasteiger partial charge in [0, 0.05) is 17.3 Å². The zero-order valence-corrected chi connectivity index (χ0v) is 12.1. The lowest BCUT2D eigenvalue weighted by Crippen LogP contribution is -2.37. The number of carbonyl (C=O) groups is 1. The molecule has 1 aliphatic rings. The van der Waals surface area contributed by atoms with E-state index in [1.54, 1.807) is 11.8 Å². The van der Waals surface area contributed by atoms with Crippen molar-refractivity contribution in [2.75, 3.05) is 16.9 Å². The molecule has 2 rings (SSSR count). The van der Waals surface area contributed by atoms with Crippen LogP contribution < -0.4 is 10.6 Å². The van der Waals surface area contributed by atoms with Crippen LogP contribution >= 0.6 is 11.8 Å². The van der Waals surface area contributed by atoms with Crippen molar-refractivity contribution in [1.29, 1.82) is 0 Å². The molecule has 2 N–H and O–H groups in total. The van der Waals surface area contributed by atoms with Crippen molar-refractivity contribution in [3.05, 3.63) is 29.8 Å². The highest BCUT2D eigenvalue weighted by Crippen LogP contribution is 2.15. The molecular formula is C14H20N2O2S. The van der Waals surface area contributed by atoms with E-state index in [2.05, 4.69) is 10.6 Å². The molecule has 1 aliphatic heterocycles. The SMILES string of the molecule is CC(C)OCc1cccc(NC(=O)C2CSCN2)c1. The van der Waals surface area contributed by atoms with Crippen molar-refractivity contribution >= 4 is 23.4 Å². The van der Waals surface area contributed by atoms with Crippen LogP contribution in [0.15, 0.2) is 24.3 Å². The van der Waals surface area contributed by atoms with E-state index in [9.17, 15) is 4.79 Å². The van der Waals surface area contributed by atoms with E-state index in [0.29, 0.717) is 6.61 Å². The van der Waals surface area contributed by atoms with E-state index in [1.165, 1.54) is 0 Å². The Bertz CT molecular complexity index is 431. The van der Waals surface area contributed by atoms with Crippen molar-refractivity contribution in [2.24, 2.45) is 0 Å². The van der Waals surface area contributed by atoms with Gasteiger partial charge < -0.3 is 10.1 Å². The van der Waals surface area contributed by atoms with Crippen LogP contribution in [-0.4, -0.2) is 29.7 Å². The molecule has 0 aliphatic carbocycles. The first-order valence-electron chi connectivity index (χ1n) is 6.47. The van der Waals surface area contributed by atoms with Crippen molar-refractivity contribution in [2.45, 2.75) is 32.6 Å². The molecule has 1 unspecified atom stereocenters. The smallest absolute Gasteiger partial charge is 0.242 e. The van der Waals surface area contributed by atoms with Gasteiger partial charge in [-0.3, -0.25) is 10.1 Å². The predicted molar refractivity (Wildman–Crippen MR) is 79.2 cm³/mol. The second kappa shape index (κ2) is 6.93. The lowest BCUT2D eigenvalue weighted by atomic mass is 10.2. The summed E-state index contributed by atoms with van der Waals surface area (Å²) < 4.78 is 5.56. The van der Waals surface area contributed by atoms with Crippen LogP contribution in [0.2, 0.25) is 0 Å². The summed E-state index contributed by atoms with van der Waals surface area (Å²) in [4.78, 5) is 12.0. The van der Waals surface area contributed by atoms with Gasteiger partial charge in [0.1, 0.15) is 0 Å². The molecule has 1 atom stereocenters. The Balaban J connectivity index is 1.92. The zero-order valence-electron chi connectivity index (χ0n) is 11.3. The van der Waals surface area contributed by atoms with Gasteiger partial charge >= 0.3 is 0 Å². The van der Waals surface area contributed by atoms with E-state index >= 15 is 0 Å². The van der Waals surface area contributed by atoms with Gasteiger partial charge in [-0.2, -0.15) is 0 Å². The van der Waals surface area contributed by atoms with Gasteiger partial charge in [0.25, 0.3) is 0 Å². The van der Waals surface area contributed by atoms with Gasteiger partial charge in [-0.1, -0.05) is 12.1 Å². The van der Waals surface area contributed by atoms with Gasteiger partial charge in [-0.25, -0.2) is 0 Å². The van der Waals surface area contributed by atoms with Crippen LogP contribution in [0.3, 0.4) is 0 Å². The molecule has 1 aromatic rings. The minimum atomic E-state index is -0.0828. The van der Waals surface area contributed by atoms with Gasteiger partial charge in [-0.15, -0.1) is 11.8 Å². The first kappa shape index (κ1) is 14.4. The molecule has 0 radical (unpaired) electrons. The first-order chi connectivity index (χ1) is 9.15. The number of carbonyl (C=O) groups excluding carboxylic acids is 1. The summed E-state index contributed by atoms with van der Waals surface area (Å²) in [5.41, 5.74) is 1.90. The van der Waals surface area contributed by atoms with Crippen LogP contribution in [0.4, 0.5) is 5.69 Å². The Morgan fingerprint density at radius 2 is 2.42 bits per heavy atom. The number of benzene rings is 1. The highest BCUT2D eigenvalue weighted by molar-refractivity contribution is 7.99. The third kappa shape index (κ3) is 4.53. The average Bonchev–Trinajstić information content (AvgIpc) is 2.91. The minimum absolute atomic E-state index is 0.0342. The van der Waals surface area contributed by atoms with Gasteiger partial charge in [0.15, 0.2) is 0 Å². The van der Waals surface area contributed by atoms with E-state index < -0.39 is 0 Å². The summed E-state index contributed by atoms with van der Waals surface area (Å²) in [5, 5.41) is 6.10. The standard InChI is InChI=1S/C14H20N2O2S/c1-10(2)18-7-11-4-3-5-12(6-11)16-14(17)13-8-19-9-15-13/h3-6,10,13,15H,7-9H2,1-2H3,(H,16,17). The maximum absolute atomic E-state index is 12.0. The number of hydrogen-bond acceptors (Lipinski definition) is 4. The molecule has 5 heteroatoms. The van der Waals surface area contributed by atoms with Crippen LogP contribution in [0.1, 0.15) is 19.4 Å². The van der Waals surface area contributed by atoms with E-state index in [4.69, 9.17) is 4.74 Å². The fourth-order valence-corrected chi connectivity index (χ4v) is 2.74. The first-order valence-corrected chi connectivity index (χ1v) is 7.63. The predicted octanol–water partition coefficient (Wildman–Crippen LogP) is 2.21. The molecule has 1 heterocycles. The molecule has 1 amide bonds. The second-order valence-electron chi connectivity index (χ2n) is 4.82. The Morgan fingerprint density at radius 1 is 1.58 bits per heavy atom. The monoisotopic (exact) mass is 280 g/mol. The van der Waals surface area contributed by atoms with E-state index in [0.717, 1.165) is 22.9 Å². The number of hydrogen-bond donors (Lipinski definition) is 2. The highest BCUT2D eigenvalue weighted by atomic mass is 32.2. The third-order valence-electron chi connectivity index (χ3n) is 2.81. The summed E-state index contributed by atoms with van der Waals surface area (Å²) in [6, 6.07) is 7.72. The quantitative estimate of drug-likeness (QED) is 0.868. The number of nitrogens with one attached hydrogen (secondary N) is 2. The molecule has 19 heavy (non-hydrogen) atoms. The number of ether oxygens (including phenoxy) is 1. The topological polar surface area (TPSA) is 50.4 Å². The molecule has 104 valence electrons. The maximum atomic E-state index is 12.0. The van der Waals surface area contributed by atoms with Gasteiger partial charge in [0.2, 0.25) is 5.91 Å². The van der Waals surface area contributed by atoms with Crippen molar-refractivity contribution in [1.82, 2.24) is 5.32 Å². The Labute approximate surface area is 118 Å². The second-order valence-corrected chi connectivity index (χ2v) is 5.85. The summed E-state index contributed by atoms with van der Waals surface area (Å²) in [6.07, 6.45) is 0.206. The molecule has 1 fully saturated rings. The van der Waals surface area contributed by atoms with Crippen molar-refractivity contribution < 1.29 is 9.53 Å². The lowest BCUT2D eigenvalue weighted by Gasteiger charge is -2.12. The van der Waals surface area contributed by atoms with Gasteiger partial charge in [0.05, 0.1) is 18.8 Å². The van der Waals surface area contributed by atoms with Gasteiger partial charge in [-0.05, 0) is 31.5 Å². The molecule has 0 bridgehead atoms. The summed E-state index contributed by atoms with van der Waals surface area (Å²) in [5.74, 6) is 1.72. The Morgan fingerprint density at radius 3 is 3.11 bits per heavy atom. The van der Waals surface area contributed by atoms with E-state index in [1.807, 2.05) is 38.1 Å². The normalized spacial score (nSPS) is 18.8. The number of anilines is 1. The third-order valence-corrected chi connectivity index (χ3v) is 3.75. The van der Waals surface area contributed by atoms with Crippen LogP contribution in [-0.2, 0) is 16.1 Å². The number of thioether (sulfide) groups is 1. The molecule has 0 saturated carbocycles. The Kier molecular flexibility index (Phi) is 5.24. The van der Waals surface area contributed by atoms with Crippen LogP contribution in [0.25, 0.3) is 0 Å². The molecular weight excluding hydrogens is 260 g/mol. The fourth-order valence-electron chi connectivity index (χ4n) is 1.79. The number of rotatable bonds is 5. The van der Waals surface area contributed by atoms with Crippen molar-refractivity contribution in [3.8, 4) is 0 Å². The maximum Gasteiger partial charge on any atom is 0.242 e. The lowest BCUT2D eigenvalue weighted by molar-refractivity contribution is -0.117. The summed E-state index contributed by atoms with van der Waals surface area (Å²) in [6.45, 7) is 4.59.